The van der Waals surface area contributed by atoms with Crippen molar-refractivity contribution >= 4 is 5.95 Å². The van der Waals surface area contributed by atoms with Gasteiger partial charge in [0.2, 0.25) is 5.95 Å². The molecule has 0 radical (unpaired) electrons. The Hall–Kier alpha value is -1.90. The van der Waals surface area contributed by atoms with Gasteiger partial charge >= 0.3 is 0 Å². The van der Waals surface area contributed by atoms with Crippen LogP contribution in [-0.4, -0.2) is 22.6 Å². The van der Waals surface area contributed by atoms with Gasteiger partial charge in [0.1, 0.15) is 0 Å². The van der Waals surface area contributed by atoms with Crippen LogP contribution in [0.4, 0.5) is 5.95 Å². The summed E-state index contributed by atoms with van der Waals surface area (Å²) < 4.78 is 0. The van der Waals surface area contributed by atoms with Gasteiger partial charge in [-0.3, -0.25) is 0 Å². The average Bonchev–Trinajstić information content (AvgIpc) is 2.94. The molecule has 1 aliphatic heterocycles. The van der Waals surface area contributed by atoms with Gasteiger partial charge in [0.05, 0.1) is 0 Å². The highest BCUT2D eigenvalue weighted by Crippen LogP contribution is 2.25. The first kappa shape index (κ1) is 14.1. The Bertz CT molecular complexity index is 604. The Balaban J connectivity index is 1.85. The minimum absolute atomic E-state index is 0.538. The van der Waals surface area contributed by atoms with Gasteiger partial charge in [-0.05, 0) is 36.8 Å². The van der Waals surface area contributed by atoms with Crippen LogP contribution in [0.25, 0.3) is 11.1 Å². The van der Waals surface area contributed by atoms with Crippen LogP contribution < -0.4 is 4.90 Å². The van der Waals surface area contributed by atoms with Crippen LogP contribution in [0.15, 0.2) is 36.7 Å². The van der Waals surface area contributed by atoms with Gasteiger partial charge in [0, 0.05) is 30.5 Å². The second-order valence-electron chi connectivity index (χ2n) is 6.24. The Morgan fingerprint density at radius 2 is 1.90 bits per heavy atom. The Morgan fingerprint density at radius 1 is 1.14 bits per heavy atom. The van der Waals surface area contributed by atoms with E-state index in [9.17, 15) is 0 Å². The largest absolute Gasteiger partial charge is 0.338 e. The molecule has 0 saturated carbocycles. The molecular weight excluding hydrogens is 258 g/mol. The van der Waals surface area contributed by atoms with Crippen molar-refractivity contribution in [2.75, 3.05) is 11.4 Å². The molecule has 3 rings (SSSR count). The molecule has 1 aromatic heterocycles. The van der Waals surface area contributed by atoms with E-state index in [1.165, 1.54) is 24.0 Å². The number of aromatic nitrogens is 2. The average molecular weight is 281 g/mol. The predicted octanol–water partition coefficient (Wildman–Crippen LogP) is 4.26. The molecule has 3 heteroatoms. The molecule has 0 spiro atoms. The lowest BCUT2D eigenvalue weighted by Crippen LogP contribution is -2.28. The first-order chi connectivity index (χ1) is 10.1. The van der Waals surface area contributed by atoms with E-state index in [0.717, 1.165) is 18.1 Å². The Kier molecular flexibility index (Phi) is 3.91. The molecule has 110 valence electrons. The fourth-order valence-electron chi connectivity index (χ4n) is 2.93. The number of rotatable bonds is 3. The molecule has 2 heterocycles. The van der Waals surface area contributed by atoms with E-state index in [0.29, 0.717) is 12.0 Å². The first-order valence-corrected chi connectivity index (χ1v) is 7.84. The summed E-state index contributed by atoms with van der Waals surface area (Å²) in [4.78, 5) is 11.5. The summed E-state index contributed by atoms with van der Waals surface area (Å²) in [6, 6.07) is 9.21. The number of anilines is 1. The molecule has 0 aliphatic carbocycles. The van der Waals surface area contributed by atoms with Crippen LogP contribution in [0.3, 0.4) is 0 Å². The summed E-state index contributed by atoms with van der Waals surface area (Å²) in [5.74, 6) is 1.40. The molecule has 1 fully saturated rings. The molecule has 1 saturated heterocycles. The van der Waals surface area contributed by atoms with Gasteiger partial charge in [-0.2, -0.15) is 0 Å². The second-order valence-corrected chi connectivity index (χ2v) is 6.24. The third kappa shape index (κ3) is 2.92. The topological polar surface area (TPSA) is 29.0 Å². The maximum absolute atomic E-state index is 4.58. The van der Waals surface area contributed by atoms with Crippen molar-refractivity contribution in [3.8, 4) is 11.1 Å². The Morgan fingerprint density at radius 3 is 2.52 bits per heavy atom. The summed E-state index contributed by atoms with van der Waals surface area (Å²) in [5.41, 5.74) is 3.64. The van der Waals surface area contributed by atoms with E-state index in [2.05, 4.69) is 59.9 Å². The van der Waals surface area contributed by atoms with Crippen LogP contribution in [0.1, 0.15) is 45.1 Å². The molecule has 3 nitrogen and oxygen atoms in total. The van der Waals surface area contributed by atoms with Gasteiger partial charge in [-0.1, -0.05) is 38.1 Å². The van der Waals surface area contributed by atoms with E-state index in [1.54, 1.807) is 0 Å². The van der Waals surface area contributed by atoms with Crippen molar-refractivity contribution in [3.63, 3.8) is 0 Å². The van der Waals surface area contributed by atoms with Crippen LogP contribution in [0.5, 0.6) is 0 Å². The maximum atomic E-state index is 4.58. The lowest BCUT2D eigenvalue weighted by Gasteiger charge is -2.21. The third-order valence-electron chi connectivity index (χ3n) is 4.33. The zero-order valence-electron chi connectivity index (χ0n) is 13.1. The summed E-state index contributed by atoms with van der Waals surface area (Å²) >= 11 is 0. The highest BCUT2D eigenvalue weighted by Gasteiger charge is 2.22. The fraction of sp³-hybridized carbons (Fsp3) is 0.444. The van der Waals surface area contributed by atoms with Crippen molar-refractivity contribution in [3.05, 3.63) is 42.2 Å². The minimum Gasteiger partial charge on any atom is -0.338 e. The van der Waals surface area contributed by atoms with E-state index in [4.69, 9.17) is 0 Å². The summed E-state index contributed by atoms with van der Waals surface area (Å²) in [5, 5.41) is 0. The molecule has 21 heavy (non-hydrogen) atoms. The van der Waals surface area contributed by atoms with Crippen LogP contribution in [0, 0.1) is 0 Å². The van der Waals surface area contributed by atoms with Gasteiger partial charge in [-0.15, -0.1) is 0 Å². The second kappa shape index (κ2) is 5.84. The van der Waals surface area contributed by atoms with E-state index >= 15 is 0 Å². The van der Waals surface area contributed by atoms with Crippen molar-refractivity contribution in [2.45, 2.75) is 45.6 Å². The minimum atomic E-state index is 0.538. The number of hydrogen-bond donors (Lipinski definition) is 0. The maximum Gasteiger partial charge on any atom is 0.225 e. The summed E-state index contributed by atoms with van der Waals surface area (Å²) in [6.07, 6.45) is 6.38. The lowest BCUT2D eigenvalue weighted by molar-refractivity contribution is 0.717. The molecule has 0 amide bonds. The summed E-state index contributed by atoms with van der Waals surface area (Å²) in [7, 11) is 0. The number of nitrogens with zero attached hydrogens (tertiary/aromatic N) is 3. The number of benzene rings is 1. The quantitative estimate of drug-likeness (QED) is 0.842. The van der Waals surface area contributed by atoms with Gasteiger partial charge in [0.15, 0.2) is 0 Å². The van der Waals surface area contributed by atoms with Gasteiger partial charge in [0.25, 0.3) is 0 Å². The SMILES string of the molecule is CC(C)c1cccc(-c2cnc(N3CCCC3C)nc2)c1. The molecule has 1 aliphatic rings. The lowest BCUT2D eigenvalue weighted by atomic mass is 9.99. The Labute approximate surface area is 127 Å². The molecule has 1 atom stereocenters. The smallest absolute Gasteiger partial charge is 0.225 e. The number of hydrogen-bond acceptors (Lipinski definition) is 3. The monoisotopic (exact) mass is 281 g/mol. The van der Waals surface area contributed by atoms with Gasteiger partial charge in [-0.25, -0.2) is 9.97 Å². The highest BCUT2D eigenvalue weighted by molar-refractivity contribution is 5.63. The van der Waals surface area contributed by atoms with Crippen molar-refractivity contribution in [2.24, 2.45) is 0 Å². The molecule has 0 N–H and O–H groups in total. The van der Waals surface area contributed by atoms with Crippen molar-refractivity contribution in [1.29, 1.82) is 0 Å². The fourth-order valence-corrected chi connectivity index (χ4v) is 2.93. The van der Waals surface area contributed by atoms with Crippen LogP contribution >= 0.6 is 0 Å². The van der Waals surface area contributed by atoms with Crippen molar-refractivity contribution < 1.29 is 0 Å². The standard InChI is InChI=1S/C18H23N3/c1-13(2)15-7-4-8-16(10-15)17-11-19-18(20-12-17)21-9-5-6-14(21)3/h4,7-8,10-14H,5-6,9H2,1-3H3. The van der Waals surface area contributed by atoms with Crippen molar-refractivity contribution in [1.82, 2.24) is 9.97 Å². The highest BCUT2D eigenvalue weighted by atomic mass is 15.3. The molecule has 1 unspecified atom stereocenters. The first-order valence-electron chi connectivity index (χ1n) is 7.84. The van der Waals surface area contributed by atoms with E-state index in [-0.39, 0.29) is 0 Å². The molecule has 1 aromatic carbocycles. The zero-order valence-corrected chi connectivity index (χ0v) is 13.1. The summed E-state index contributed by atoms with van der Waals surface area (Å²) in [6.45, 7) is 7.75. The zero-order chi connectivity index (χ0) is 14.8. The molecular formula is C18H23N3. The van der Waals surface area contributed by atoms with E-state index in [1.807, 2.05) is 12.4 Å². The molecule has 0 bridgehead atoms. The molecule has 2 aromatic rings. The van der Waals surface area contributed by atoms with E-state index < -0.39 is 0 Å². The predicted molar refractivity (Wildman–Crippen MR) is 87.6 cm³/mol. The normalized spacial score (nSPS) is 18.5. The van der Waals surface area contributed by atoms with Crippen LogP contribution in [-0.2, 0) is 0 Å². The van der Waals surface area contributed by atoms with Crippen LogP contribution in [0.2, 0.25) is 0 Å². The third-order valence-corrected chi connectivity index (χ3v) is 4.33. The van der Waals surface area contributed by atoms with Gasteiger partial charge < -0.3 is 4.90 Å².